The number of methoxy groups -OCH3 is 1. The second-order valence-corrected chi connectivity index (χ2v) is 11.3. The van der Waals surface area contributed by atoms with Gasteiger partial charge in [0, 0.05) is 59.9 Å². The van der Waals surface area contributed by atoms with Gasteiger partial charge in [-0.15, -0.1) is 11.8 Å². The van der Waals surface area contributed by atoms with E-state index in [1.54, 1.807) is 23.6 Å². The molecule has 2 aliphatic heterocycles. The number of pyridine rings is 1. The molecule has 1 amide bonds. The van der Waals surface area contributed by atoms with Crippen molar-refractivity contribution in [2.24, 2.45) is 0 Å². The average molecular weight is 611 g/mol. The van der Waals surface area contributed by atoms with Crippen LogP contribution in [-0.4, -0.2) is 69.5 Å². The molecule has 0 aliphatic carbocycles. The van der Waals surface area contributed by atoms with Gasteiger partial charge in [0.25, 0.3) is 0 Å². The number of halogens is 5. The average Bonchev–Trinajstić information content (AvgIpc) is 3.12. The highest BCUT2D eigenvalue weighted by Gasteiger charge is 2.41. The summed E-state index contributed by atoms with van der Waals surface area (Å²) in [6.07, 6.45) is -4.42. The lowest BCUT2D eigenvalue weighted by Crippen LogP contribution is -2.58. The Balaban J connectivity index is 1.85. The minimum atomic E-state index is -5.02. The van der Waals surface area contributed by atoms with Crippen LogP contribution >= 0.6 is 11.8 Å². The highest BCUT2D eigenvalue weighted by molar-refractivity contribution is 7.99. The zero-order valence-corrected chi connectivity index (χ0v) is 23.7. The van der Waals surface area contributed by atoms with Gasteiger partial charge in [-0.1, -0.05) is 6.58 Å². The van der Waals surface area contributed by atoms with Crippen LogP contribution in [-0.2, 0) is 22.3 Å². The van der Waals surface area contributed by atoms with Crippen LogP contribution in [0, 0.1) is 11.6 Å². The predicted molar refractivity (Wildman–Crippen MR) is 148 cm³/mol. The van der Waals surface area contributed by atoms with E-state index in [2.05, 4.69) is 16.5 Å². The monoisotopic (exact) mass is 610 g/mol. The summed E-state index contributed by atoms with van der Waals surface area (Å²) in [6, 6.07) is 0.425. The molecule has 15 heteroatoms. The molecule has 1 fully saturated rings. The number of anilines is 2. The number of nitrogens with zero attached hydrogens (tertiary/aromatic N) is 5. The number of hydrogen-bond acceptors (Lipinski definition) is 8. The fourth-order valence-corrected chi connectivity index (χ4v) is 6.97. The SMILES string of the molecule is C=CC(=O)N1[C@H](C)CN(c2nc(=O)n3c4c(c(-c5nc(N)c(F)cc5F)c(C(F)(F)F)cc24)SC[C@@H](OC)C3)C[C@@H]1C. The topological polar surface area (TPSA) is 107 Å². The number of hydrogen-bond donors (Lipinski definition) is 1. The summed E-state index contributed by atoms with van der Waals surface area (Å²) in [6.45, 7) is 7.40. The number of alkyl halides is 3. The summed E-state index contributed by atoms with van der Waals surface area (Å²) in [5, 5.41) is 0.00307. The van der Waals surface area contributed by atoms with Crippen molar-refractivity contribution in [1.29, 1.82) is 0 Å². The molecule has 4 heterocycles. The molecule has 42 heavy (non-hydrogen) atoms. The van der Waals surface area contributed by atoms with Gasteiger partial charge < -0.3 is 20.3 Å². The van der Waals surface area contributed by atoms with E-state index >= 15 is 4.39 Å². The second-order valence-electron chi connectivity index (χ2n) is 10.3. The molecule has 1 saturated heterocycles. The first-order valence-electron chi connectivity index (χ1n) is 12.9. The summed E-state index contributed by atoms with van der Waals surface area (Å²) >= 11 is 0.941. The normalized spacial score (nSPS) is 21.0. The standard InChI is InChI=1S/C27H27F5N6O3S/c1-5-19(39)38-12(2)8-36(9-13(38)3)25-15-6-16(27(30,31)32)20(21-17(28)7-18(29)24(33)34-21)23-22(15)37(26(40)35-25)10-14(41-4)11-42-23/h5-7,12-14H,1,8-11H2,2-4H3,(H2,33,34)/t12-,13+,14-/m0/s1. The molecule has 0 bridgehead atoms. The number of amides is 1. The number of carbonyl (C=O) groups excluding carboxylic acids is 1. The molecule has 2 aromatic heterocycles. The third-order valence-electron chi connectivity index (χ3n) is 7.48. The maximum absolute atomic E-state index is 15.1. The van der Waals surface area contributed by atoms with Crippen molar-refractivity contribution in [2.75, 3.05) is 36.6 Å². The van der Waals surface area contributed by atoms with Gasteiger partial charge >= 0.3 is 11.9 Å². The number of piperazine rings is 1. The van der Waals surface area contributed by atoms with Crippen LogP contribution in [0.25, 0.3) is 22.2 Å². The van der Waals surface area contributed by atoms with Crippen LogP contribution in [0.15, 0.2) is 34.5 Å². The Hall–Kier alpha value is -3.72. The molecule has 0 spiro atoms. The van der Waals surface area contributed by atoms with E-state index in [-0.39, 0.29) is 65.0 Å². The first-order chi connectivity index (χ1) is 19.8. The van der Waals surface area contributed by atoms with Gasteiger partial charge in [0.2, 0.25) is 5.91 Å². The van der Waals surface area contributed by atoms with Crippen molar-refractivity contribution in [3.63, 3.8) is 0 Å². The van der Waals surface area contributed by atoms with Crippen molar-refractivity contribution in [1.82, 2.24) is 19.4 Å². The molecule has 2 aliphatic rings. The molecule has 224 valence electrons. The van der Waals surface area contributed by atoms with E-state index in [0.717, 1.165) is 17.8 Å². The molecule has 2 N–H and O–H groups in total. The maximum Gasteiger partial charge on any atom is 0.417 e. The van der Waals surface area contributed by atoms with E-state index in [1.165, 1.54) is 17.8 Å². The van der Waals surface area contributed by atoms with Gasteiger partial charge in [-0.3, -0.25) is 9.36 Å². The smallest absolute Gasteiger partial charge is 0.381 e. The van der Waals surface area contributed by atoms with Crippen LogP contribution in [0.5, 0.6) is 0 Å². The van der Waals surface area contributed by atoms with Gasteiger partial charge in [0.1, 0.15) is 11.5 Å². The Labute approximate surface area is 241 Å². The number of nitrogen functional groups attached to an aromatic ring is 1. The zero-order chi connectivity index (χ0) is 30.7. The van der Waals surface area contributed by atoms with Gasteiger partial charge in [-0.2, -0.15) is 18.2 Å². The lowest BCUT2D eigenvalue weighted by Gasteiger charge is -2.44. The second kappa shape index (κ2) is 10.8. The number of nitrogens with two attached hydrogens (primary N) is 1. The minimum Gasteiger partial charge on any atom is -0.381 e. The lowest BCUT2D eigenvalue weighted by molar-refractivity contribution is -0.137. The Morgan fingerprint density at radius 3 is 2.40 bits per heavy atom. The van der Waals surface area contributed by atoms with Crippen molar-refractivity contribution in [2.45, 2.75) is 49.7 Å². The highest BCUT2D eigenvalue weighted by atomic mass is 32.2. The molecule has 5 rings (SSSR count). The third kappa shape index (κ3) is 4.97. The molecule has 0 radical (unpaired) electrons. The van der Waals surface area contributed by atoms with Crippen LogP contribution in [0.1, 0.15) is 19.4 Å². The molecule has 3 atom stereocenters. The molecule has 0 saturated carbocycles. The molecule has 0 unspecified atom stereocenters. The van der Waals surface area contributed by atoms with Crippen molar-refractivity contribution in [3.8, 4) is 11.3 Å². The Morgan fingerprint density at radius 1 is 1.14 bits per heavy atom. The zero-order valence-electron chi connectivity index (χ0n) is 22.8. The van der Waals surface area contributed by atoms with E-state index in [4.69, 9.17) is 10.5 Å². The van der Waals surface area contributed by atoms with Gasteiger partial charge in [-0.25, -0.2) is 18.6 Å². The molecule has 1 aromatic carbocycles. The first kappa shape index (κ1) is 29.8. The van der Waals surface area contributed by atoms with Crippen molar-refractivity contribution >= 4 is 40.2 Å². The van der Waals surface area contributed by atoms with Crippen LogP contribution < -0.4 is 16.3 Å². The number of rotatable bonds is 4. The van der Waals surface area contributed by atoms with Crippen molar-refractivity contribution in [3.05, 3.63) is 52.5 Å². The molecule has 9 nitrogen and oxygen atoms in total. The van der Waals surface area contributed by atoms with E-state index in [0.29, 0.717) is 6.07 Å². The van der Waals surface area contributed by atoms with E-state index in [9.17, 15) is 27.2 Å². The van der Waals surface area contributed by atoms with Crippen LogP contribution in [0.2, 0.25) is 0 Å². The lowest BCUT2D eigenvalue weighted by atomic mass is 9.98. The van der Waals surface area contributed by atoms with Gasteiger partial charge in [0.05, 0.1) is 23.7 Å². The van der Waals surface area contributed by atoms with Crippen LogP contribution in [0.3, 0.4) is 0 Å². The Kier molecular flexibility index (Phi) is 7.68. The van der Waals surface area contributed by atoms with Crippen LogP contribution in [0.4, 0.5) is 33.6 Å². The number of aromatic nitrogens is 3. The molecular weight excluding hydrogens is 583 g/mol. The highest BCUT2D eigenvalue weighted by Crippen LogP contribution is 2.48. The summed E-state index contributed by atoms with van der Waals surface area (Å²) in [5.41, 5.74) is 2.20. The minimum absolute atomic E-state index is 0.00234. The number of thioether (sulfide) groups is 1. The summed E-state index contributed by atoms with van der Waals surface area (Å²) in [7, 11) is 1.40. The number of carbonyl (C=O) groups is 1. The van der Waals surface area contributed by atoms with Gasteiger partial charge in [-0.05, 0) is 26.0 Å². The molecular formula is C27H27F5N6O3S. The number of ether oxygens (including phenoxy) is 1. The van der Waals surface area contributed by atoms with E-state index in [1.807, 2.05) is 0 Å². The first-order valence-corrected chi connectivity index (χ1v) is 13.9. The largest absolute Gasteiger partial charge is 0.417 e. The molecule has 3 aromatic rings. The quantitative estimate of drug-likeness (QED) is 0.348. The Bertz CT molecular complexity index is 1650. The summed E-state index contributed by atoms with van der Waals surface area (Å²) in [4.78, 5) is 37.0. The van der Waals surface area contributed by atoms with E-state index < -0.39 is 52.2 Å². The fraction of sp³-hybridized carbons (Fsp3) is 0.407. The number of benzene rings is 1. The maximum atomic E-state index is 15.1. The Morgan fingerprint density at radius 2 is 1.81 bits per heavy atom. The predicted octanol–water partition coefficient (Wildman–Crippen LogP) is 4.07. The summed E-state index contributed by atoms with van der Waals surface area (Å²) < 4.78 is 80.1. The van der Waals surface area contributed by atoms with Crippen molar-refractivity contribution < 1.29 is 31.5 Å². The van der Waals surface area contributed by atoms with Gasteiger partial charge in [0.15, 0.2) is 17.5 Å². The third-order valence-corrected chi connectivity index (χ3v) is 8.70. The summed E-state index contributed by atoms with van der Waals surface area (Å²) in [5.74, 6) is -3.52. The fourth-order valence-electron chi connectivity index (χ4n) is 5.67.